The Kier molecular flexibility index (Phi) is 4.57. The molecule has 1 unspecified atom stereocenters. The summed E-state index contributed by atoms with van der Waals surface area (Å²) in [4.78, 5) is 27.6. The minimum atomic E-state index is -0.600. The van der Waals surface area contributed by atoms with Gasteiger partial charge in [0.2, 0.25) is 17.8 Å². The Morgan fingerprint density at radius 1 is 1.33 bits per heavy atom. The normalized spacial score (nSPS) is 12.1. The Morgan fingerprint density at radius 2 is 2.05 bits per heavy atom. The third-order valence-corrected chi connectivity index (χ3v) is 3.15. The van der Waals surface area contributed by atoms with Crippen molar-refractivity contribution in [2.75, 3.05) is 5.32 Å². The zero-order chi connectivity index (χ0) is 15.4. The second-order valence-corrected chi connectivity index (χ2v) is 4.99. The molecule has 112 valence electrons. The zero-order valence-corrected chi connectivity index (χ0v) is 12.5. The maximum atomic E-state index is 12.1. The Morgan fingerprint density at radius 3 is 2.71 bits per heavy atom. The molecule has 0 saturated heterocycles. The molecule has 0 radical (unpaired) electrons. The number of rotatable bonds is 5. The second kappa shape index (κ2) is 6.39. The number of nitrogens with zero attached hydrogens (tertiary/aromatic N) is 2. The molecule has 6 heteroatoms. The topological polar surface area (TPSA) is 76.0 Å². The lowest BCUT2D eigenvalue weighted by Crippen LogP contribution is -2.40. The minimum Gasteiger partial charge on any atom is -0.345 e. The number of carbonyl (C=O) groups excluding carboxylic acids is 2. The number of hydrogen-bond donors (Lipinski definition) is 2. The third kappa shape index (κ3) is 3.39. The highest BCUT2D eigenvalue weighted by molar-refractivity contribution is 5.96. The monoisotopic (exact) mass is 288 g/mol. The Hall–Kier alpha value is -2.37. The van der Waals surface area contributed by atoms with Crippen molar-refractivity contribution in [3.05, 3.63) is 24.3 Å². The van der Waals surface area contributed by atoms with Crippen molar-refractivity contribution in [1.82, 2.24) is 14.9 Å². The predicted molar refractivity (Wildman–Crippen MR) is 81.9 cm³/mol. The molecule has 0 aliphatic rings. The van der Waals surface area contributed by atoms with Crippen molar-refractivity contribution in [3.8, 4) is 0 Å². The van der Waals surface area contributed by atoms with E-state index in [9.17, 15) is 9.59 Å². The van der Waals surface area contributed by atoms with Gasteiger partial charge in [0.25, 0.3) is 0 Å². The quantitative estimate of drug-likeness (QED) is 0.882. The van der Waals surface area contributed by atoms with Crippen LogP contribution in [0.1, 0.15) is 27.2 Å². The number of imidazole rings is 1. The highest BCUT2D eigenvalue weighted by atomic mass is 16.2. The van der Waals surface area contributed by atoms with Gasteiger partial charge in [0.15, 0.2) is 0 Å². The maximum Gasteiger partial charge on any atom is 0.248 e. The van der Waals surface area contributed by atoms with Gasteiger partial charge >= 0.3 is 0 Å². The summed E-state index contributed by atoms with van der Waals surface area (Å²) in [6.45, 7) is 5.87. The number of carbonyl (C=O) groups is 2. The molecule has 1 atom stereocenters. The van der Waals surface area contributed by atoms with Crippen LogP contribution in [0.25, 0.3) is 11.0 Å². The maximum absolute atomic E-state index is 12.1. The van der Waals surface area contributed by atoms with Gasteiger partial charge in [0.05, 0.1) is 11.0 Å². The van der Waals surface area contributed by atoms with Gasteiger partial charge in [0, 0.05) is 13.5 Å². The van der Waals surface area contributed by atoms with E-state index in [-0.39, 0.29) is 11.8 Å². The summed E-state index contributed by atoms with van der Waals surface area (Å²) < 4.78 is 1.98. The molecule has 0 aliphatic carbocycles. The molecule has 1 heterocycles. The molecule has 6 nitrogen and oxygen atoms in total. The molecule has 0 fully saturated rings. The molecular formula is C15H20N4O2. The Bertz CT molecular complexity index is 663. The summed E-state index contributed by atoms with van der Waals surface area (Å²) in [5.41, 5.74) is 1.83. The molecule has 2 N–H and O–H groups in total. The first-order chi connectivity index (χ1) is 10.0. The van der Waals surface area contributed by atoms with Crippen LogP contribution in [0, 0.1) is 0 Å². The van der Waals surface area contributed by atoms with Crippen molar-refractivity contribution in [2.45, 2.75) is 39.8 Å². The zero-order valence-electron chi connectivity index (χ0n) is 12.5. The fourth-order valence-corrected chi connectivity index (χ4v) is 2.21. The molecule has 2 aromatic rings. The summed E-state index contributed by atoms with van der Waals surface area (Å²) >= 11 is 0. The van der Waals surface area contributed by atoms with E-state index >= 15 is 0 Å². The number of benzene rings is 1. The van der Waals surface area contributed by atoms with Crippen LogP contribution in [-0.4, -0.2) is 27.4 Å². The lowest BCUT2D eigenvalue weighted by molar-refractivity contribution is -0.124. The van der Waals surface area contributed by atoms with E-state index in [1.807, 2.05) is 28.8 Å². The van der Waals surface area contributed by atoms with Crippen LogP contribution in [-0.2, 0) is 16.1 Å². The van der Waals surface area contributed by atoms with Gasteiger partial charge in [-0.05, 0) is 25.5 Å². The number of nitrogens with one attached hydrogen (secondary N) is 2. The Balaban J connectivity index is 2.26. The average molecular weight is 288 g/mol. The smallest absolute Gasteiger partial charge is 0.248 e. The van der Waals surface area contributed by atoms with E-state index in [4.69, 9.17) is 0 Å². The van der Waals surface area contributed by atoms with E-state index in [0.29, 0.717) is 5.95 Å². The molecule has 0 aliphatic heterocycles. The Labute approximate surface area is 123 Å². The van der Waals surface area contributed by atoms with Gasteiger partial charge in [-0.3, -0.25) is 14.9 Å². The van der Waals surface area contributed by atoms with E-state index in [2.05, 4.69) is 22.5 Å². The lowest BCUT2D eigenvalue weighted by atomic mass is 10.3. The van der Waals surface area contributed by atoms with Gasteiger partial charge < -0.3 is 9.88 Å². The predicted octanol–water partition coefficient (Wildman–Crippen LogP) is 1.91. The average Bonchev–Trinajstić information content (AvgIpc) is 2.76. The van der Waals surface area contributed by atoms with E-state index in [1.165, 1.54) is 6.92 Å². The van der Waals surface area contributed by atoms with Crippen molar-refractivity contribution < 1.29 is 9.59 Å². The van der Waals surface area contributed by atoms with Crippen molar-refractivity contribution in [2.24, 2.45) is 0 Å². The van der Waals surface area contributed by atoms with Crippen molar-refractivity contribution in [3.63, 3.8) is 0 Å². The van der Waals surface area contributed by atoms with Crippen LogP contribution in [0.2, 0.25) is 0 Å². The van der Waals surface area contributed by atoms with Gasteiger partial charge in [-0.2, -0.15) is 0 Å². The lowest BCUT2D eigenvalue weighted by Gasteiger charge is -2.13. The molecule has 0 spiro atoms. The summed E-state index contributed by atoms with van der Waals surface area (Å²) in [7, 11) is 0. The SMILES string of the molecule is CCCn1c(NC(=O)C(C)NC(C)=O)nc2ccccc21. The van der Waals surface area contributed by atoms with Gasteiger partial charge in [0.1, 0.15) is 6.04 Å². The largest absolute Gasteiger partial charge is 0.345 e. The number of amides is 2. The van der Waals surface area contributed by atoms with Crippen LogP contribution < -0.4 is 10.6 Å². The number of anilines is 1. The van der Waals surface area contributed by atoms with Crippen LogP contribution in [0.4, 0.5) is 5.95 Å². The second-order valence-electron chi connectivity index (χ2n) is 4.99. The first-order valence-electron chi connectivity index (χ1n) is 7.06. The molecule has 0 bridgehead atoms. The van der Waals surface area contributed by atoms with E-state index in [0.717, 1.165) is 24.0 Å². The summed E-state index contributed by atoms with van der Waals surface area (Å²) in [5.74, 6) is -0.00202. The van der Waals surface area contributed by atoms with Crippen LogP contribution in [0.15, 0.2) is 24.3 Å². The summed E-state index contributed by atoms with van der Waals surface area (Å²) in [6, 6.07) is 7.15. The number of para-hydroxylation sites is 2. The van der Waals surface area contributed by atoms with Gasteiger partial charge in [-0.1, -0.05) is 19.1 Å². The standard InChI is InChI=1S/C15H20N4O2/c1-4-9-19-13-8-6-5-7-12(13)17-15(19)18-14(21)10(2)16-11(3)20/h5-8,10H,4,9H2,1-3H3,(H,16,20)(H,17,18,21). The number of fused-ring (bicyclic) bond motifs is 1. The van der Waals surface area contributed by atoms with Gasteiger partial charge in [-0.15, -0.1) is 0 Å². The number of aromatic nitrogens is 2. The third-order valence-electron chi connectivity index (χ3n) is 3.15. The van der Waals surface area contributed by atoms with Crippen LogP contribution in [0.3, 0.4) is 0 Å². The van der Waals surface area contributed by atoms with E-state index < -0.39 is 6.04 Å². The van der Waals surface area contributed by atoms with Crippen molar-refractivity contribution in [1.29, 1.82) is 0 Å². The van der Waals surface area contributed by atoms with E-state index in [1.54, 1.807) is 6.92 Å². The molecular weight excluding hydrogens is 268 g/mol. The highest BCUT2D eigenvalue weighted by Gasteiger charge is 2.17. The molecule has 1 aromatic carbocycles. The van der Waals surface area contributed by atoms with Crippen molar-refractivity contribution >= 4 is 28.8 Å². The van der Waals surface area contributed by atoms with Crippen LogP contribution in [0.5, 0.6) is 0 Å². The molecule has 1 aromatic heterocycles. The summed E-state index contributed by atoms with van der Waals surface area (Å²) in [5, 5.41) is 5.35. The molecule has 0 saturated carbocycles. The minimum absolute atomic E-state index is 0.236. The van der Waals surface area contributed by atoms with Crippen LogP contribution >= 0.6 is 0 Å². The number of aryl methyl sites for hydroxylation is 1. The fourth-order valence-electron chi connectivity index (χ4n) is 2.21. The summed E-state index contributed by atoms with van der Waals surface area (Å²) in [6.07, 6.45) is 0.935. The molecule has 2 amide bonds. The highest BCUT2D eigenvalue weighted by Crippen LogP contribution is 2.20. The van der Waals surface area contributed by atoms with Gasteiger partial charge in [-0.25, -0.2) is 4.98 Å². The number of hydrogen-bond acceptors (Lipinski definition) is 3. The first kappa shape index (κ1) is 15.0. The fraction of sp³-hybridized carbons (Fsp3) is 0.400. The molecule has 2 rings (SSSR count). The molecule has 21 heavy (non-hydrogen) atoms. The first-order valence-corrected chi connectivity index (χ1v) is 7.06.